The Balaban J connectivity index is 1.97. The van der Waals surface area contributed by atoms with Gasteiger partial charge in [0.1, 0.15) is 5.82 Å². The lowest BCUT2D eigenvalue weighted by atomic mass is 9.98. The van der Waals surface area contributed by atoms with Crippen molar-refractivity contribution in [2.75, 3.05) is 7.05 Å². The summed E-state index contributed by atoms with van der Waals surface area (Å²) < 4.78 is 14.7. The van der Waals surface area contributed by atoms with E-state index in [4.69, 9.17) is 11.6 Å². The molecule has 0 bridgehead atoms. The lowest BCUT2D eigenvalue weighted by Gasteiger charge is -2.08. The van der Waals surface area contributed by atoms with Gasteiger partial charge in [-0.15, -0.1) is 0 Å². The molecule has 0 saturated carbocycles. The van der Waals surface area contributed by atoms with Crippen molar-refractivity contribution in [2.45, 2.75) is 6.54 Å². The van der Waals surface area contributed by atoms with Crippen molar-refractivity contribution in [2.24, 2.45) is 0 Å². The van der Waals surface area contributed by atoms with Gasteiger partial charge in [0.2, 0.25) is 18.2 Å². The van der Waals surface area contributed by atoms with Crippen LogP contribution in [0.1, 0.15) is 21.5 Å². The molecule has 29 heavy (non-hydrogen) atoms. The molecule has 0 saturated heterocycles. The van der Waals surface area contributed by atoms with Crippen LogP contribution in [0.2, 0.25) is 5.15 Å². The number of hydrogen-bond acceptors (Lipinski definition) is 2. The van der Waals surface area contributed by atoms with Crippen LogP contribution in [0, 0.1) is 5.82 Å². The summed E-state index contributed by atoms with van der Waals surface area (Å²) >= 11 is 6.29. The molecule has 146 valence electrons. The molecule has 0 spiro atoms. The molecular weight excluding hydrogens is 391 g/mol. The molecule has 1 N–H and O–H groups in total. The lowest BCUT2D eigenvalue weighted by molar-refractivity contribution is -0.681. The maximum atomic E-state index is 13.1. The summed E-state index contributed by atoms with van der Waals surface area (Å²) in [5.41, 5.74) is 2.68. The first-order valence-corrected chi connectivity index (χ1v) is 9.32. The number of nitrogens with one attached hydrogen (secondary N) is 1. The van der Waals surface area contributed by atoms with Gasteiger partial charge in [-0.25, -0.2) is 4.39 Å². The van der Waals surface area contributed by atoms with Crippen molar-refractivity contribution in [1.82, 2.24) is 5.32 Å². The minimum Gasteiger partial charge on any atom is -0.356 e. The number of halogens is 2. The Morgan fingerprint density at radius 2 is 1.62 bits per heavy atom. The third-order valence-corrected chi connectivity index (χ3v) is 4.71. The Kier molecular flexibility index (Phi) is 6.52. The zero-order chi connectivity index (χ0) is 20.8. The summed E-state index contributed by atoms with van der Waals surface area (Å²) in [4.78, 5) is 24.6. The van der Waals surface area contributed by atoms with E-state index in [-0.39, 0.29) is 18.2 Å². The van der Waals surface area contributed by atoms with Gasteiger partial charge in [0.15, 0.2) is 6.20 Å². The highest BCUT2D eigenvalue weighted by atomic mass is 35.5. The van der Waals surface area contributed by atoms with Crippen LogP contribution in [-0.2, 0) is 11.3 Å². The molecule has 1 heterocycles. The topological polar surface area (TPSA) is 50.1 Å². The molecule has 4 nitrogen and oxygen atoms in total. The van der Waals surface area contributed by atoms with Gasteiger partial charge in [-0.3, -0.25) is 9.59 Å². The number of ketones is 1. The molecule has 2 aromatic carbocycles. The molecule has 0 radical (unpaired) electrons. The van der Waals surface area contributed by atoms with Crippen molar-refractivity contribution in [3.63, 3.8) is 0 Å². The average molecular weight is 410 g/mol. The molecule has 6 heteroatoms. The number of rotatable bonds is 6. The fraction of sp³-hybridized carbons (Fsp3) is 0.0870. The van der Waals surface area contributed by atoms with Crippen molar-refractivity contribution < 1.29 is 18.5 Å². The zero-order valence-corrected chi connectivity index (χ0v) is 16.5. The number of aromatic nitrogens is 1. The first kappa shape index (κ1) is 20.4. The Morgan fingerprint density at radius 3 is 2.28 bits per heavy atom. The maximum Gasteiger partial charge on any atom is 0.275 e. The first-order chi connectivity index (χ1) is 14.0. The quantitative estimate of drug-likeness (QED) is 0.291. The standard InChI is InChI=1S/C23H18ClFN2O2/c1-26-23(29)13-20(16-5-3-2-4-6-16)18-9-12-22(24)27(14-18)15-21(28)17-7-10-19(25)11-8-17/h2-14H,15H2,1H3/p+1. The predicted octanol–water partition coefficient (Wildman–Crippen LogP) is 3.83. The molecule has 0 atom stereocenters. The molecule has 0 fully saturated rings. The van der Waals surface area contributed by atoms with Crippen LogP contribution in [-0.4, -0.2) is 18.7 Å². The molecule has 3 rings (SSSR count). The average Bonchev–Trinajstić information content (AvgIpc) is 2.74. The molecular formula is C23H19ClFN2O2+. The minimum atomic E-state index is -0.402. The SMILES string of the molecule is CNC(=O)C=C(c1ccccc1)c1ccc(Cl)[n+](CC(=O)c2ccc(F)cc2)c1. The Hall–Kier alpha value is -3.31. The van der Waals surface area contributed by atoms with E-state index in [2.05, 4.69) is 5.32 Å². The second-order valence-electron chi connectivity index (χ2n) is 6.34. The fourth-order valence-corrected chi connectivity index (χ4v) is 3.02. The molecule has 0 aliphatic carbocycles. The highest BCUT2D eigenvalue weighted by molar-refractivity contribution is 6.28. The van der Waals surface area contributed by atoms with E-state index in [1.165, 1.54) is 30.3 Å². The van der Waals surface area contributed by atoms with Crippen LogP contribution in [0.3, 0.4) is 0 Å². The lowest BCUT2D eigenvalue weighted by Crippen LogP contribution is -2.39. The van der Waals surface area contributed by atoms with Crippen LogP contribution < -0.4 is 9.88 Å². The number of amides is 1. The number of hydrogen-bond donors (Lipinski definition) is 1. The Labute approximate surface area is 173 Å². The van der Waals surface area contributed by atoms with Gasteiger partial charge in [0.05, 0.1) is 0 Å². The molecule has 3 aromatic rings. The van der Waals surface area contributed by atoms with E-state index >= 15 is 0 Å². The molecule has 0 aliphatic heterocycles. The zero-order valence-electron chi connectivity index (χ0n) is 15.7. The Morgan fingerprint density at radius 1 is 0.966 bits per heavy atom. The normalized spacial score (nSPS) is 11.2. The monoisotopic (exact) mass is 409 g/mol. The van der Waals surface area contributed by atoms with Crippen LogP contribution in [0.5, 0.6) is 0 Å². The fourth-order valence-electron chi connectivity index (χ4n) is 2.84. The van der Waals surface area contributed by atoms with Gasteiger partial charge in [-0.05, 0) is 47.5 Å². The Bertz CT molecular complexity index is 1060. The van der Waals surface area contributed by atoms with Crippen molar-refractivity contribution in [1.29, 1.82) is 0 Å². The van der Waals surface area contributed by atoms with Gasteiger partial charge < -0.3 is 5.32 Å². The number of benzene rings is 2. The van der Waals surface area contributed by atoms with Gasteiger partial charge >= 0.3 is 0 Å². The highest BCUT2D eigenvalue weighted by Crippen LogP contribution is 2.23. The number of carbonyl (C=O) groups excluding carboxylic acids is 2. The number of likely N-dealkylation sites (N-methyl/N-ethyl adjacent to an activating group) is 1. The van der Waals surface area contributed by atoms with Gasteiger partial charge in [0.25, 0.3) is 5.15 Å². The van der Waals surface area contributed by atoms with Crippen LogP contribution in [0.15, 0.2) is 79.0 Å². The minimum absolute atomic E-state index is 0.0135. The van der Waals surface area contributed by atoms with E-state index < -0.39 is 5.82 Å². The second-order valence-corrected chi connectivity index (χ2v) is 6.72. The van der Waals surface area contributed by atoms with Crippen molar-refractivity contribution in [3.8, 4) is 0 Å². The van der Waals surface area contributed by atoms with Crippen LogP contribution in [0.25, 0.3) is 5.57 Å². The van der Waals surface area contributed by atoms with E-state index in [9.17, 15) is 14.0 Å². The van der Waals surface area contributed by atoms with E-state index in [0.717, 1.165) is 11.1 Å². The maximum absolute atomic E-state index is 13.1. The summed E-state index contributed by atoms with van der Waals surface area (Å²) in [6, 6.07) is 18.3. The van der Waals surface area contributed by atoms with Gasteiger partial charge in [-0.2, -0.15) is 4.57 Å². The largest absolute Gasteiger partial charge is 0.356 e. The van der Waals surface area contributed by atoms with Gasteiger partial charge in [-0.1, -0.05) is 30.3 Å². The van der Waals surface area contributed by atoms with Crippen LogP contribution >= 0.6 is 11.6 Å². The summed E-state index contributed by atoms with van der Waals surface area (Å²) in [5.74, 6) is -0.848. The summed E-state index contributed by atoms with van der Waals surface area (Å²) in [6.07, 6.45) is 3.23. The third-order valence-electron chi connectivity index (χ3n) is 4.37. The van der Waals surface area contributed by atoms with E-state index in [0.29, 0.717) is 16.3 Å². The summed E-state index contributed by atoms with van der Waals surface area (Å²) in [7, 11) is 1.56. The first-order valence-electron chi connectivity index (χ1n) is 8.95. The number of carbonyl (C=O) groups is 2. The highest BCUT2D eigenvalue weighted by Gasteiger charge is 2.19. The second kappa shape index (κ2) is 9.26. The third kappa shape index (κ3) is 5.15. The van der Waals surface area contributed by atoms with E-state index in [1.54, 1.807) is 29.9 Å². The number of Topliss-reactive ketones (excluding diaryl/α,β-unsaturated/α-hetero) is 1. The van der Waals surface area contributed by atoms with Crippen molar-refractivity contribution in [3.05, 3.63) is 107 Å². The molecule has 1 aromatic heterocycles. The van der Waals surface area contributed by atoms with E-state index in [1.807, 2.05) is 30.3 Å². The summed E-state index contributed by atoms with van der Waals surface area (Å²) in [5, 5.41) is 2.96. The smallest absolute Gasteiger partial charge is 0.275 e. The number of pyridine rings is 1. The molecule has 0 unspecified atom stereocenters. The number of nitrogens with zero attached hydrogens (tertiary/aromatic N) is 1. The molecule has 1 amide bonds. The van der Waals surface area contributed by atoms with Crippen LogP contribution in [0.4, 0.5) is 4.39 Å². The summed E-state index contributed by atoms with van der Waals surface area (Å²) in [6.45, 7) is -0.0135. The van der Waals surface area contributed by atoms with Crippen molar-refractivity contribution >= 4 is 28.9 Å². The predicted molar refractivity (Wildman–Crippen MR) is 110 cm³/mol. The molecule has 0 aliphatic rings. The van der Waals surface area contributed by atoms with Gasteiger partial charge in [0, 0.05) is 35.9 Å².